The lowest BCUT2D eigenvalue weighted by Gasteiger charge is -2.34. The van der Waals surface area contributed by atoms with E-state index < -0.39 is 4.92 Å². The van der Waals surface area contributed by atoms with Gasteiger partial charge in [-0.25, -0.2) is 0 Å². The summed E-state index contributed by atoms with van der Waals surface area (Å²) in [5, 5.41) is 11.3. The first-order chi connectivity index (χ1) is 10.0. The van der Waals surface area contributed by atoms with Crippen molar-refractivity contribution in [1.29, 1.82) is 0 Å². The van der Waals surface area contributed by atoms with Crippen LogP contribution in [0.5, 0.6) is 0 Å². The quantitative estimate of drug-likeness (QED) is 0.482. The minimum atomic E-state index is -0.562. The van der Waals surface area contributed by atoms with E-state index in [1.807, 2.05) is 0 Å². The number of nitro benzene ring substituents is 1. The highest BCUT2D eigenvalue weighted by atomic mass is 35.5. The molecule has 1 aromatic carbocycles. The molecule has 0 bridgehead atoms. The summed E-state index contributed by atoms with van der Waals surface area (Å²) < 4.78 is 0. The van der Waals surface area contributed by atoms with Crippen molar-refractivity contribution in [3.63, 3.8) is 0 Å². The zero-order valence-corrected chi connectivity index (χ0v) is 12.8. The second-order valence-electron chi connectivity index (χ2n) is 4.74. The molecule has 0 N–H and O–H groups in total. The molecule has 0 spiro atoms. The van der Waals surface area contributed by atoms with Crippen LogP contribution >= 0.6 is 23.2 Å². The van der Waals surface area contributed by atoms with Gasteiger partial charge in [-0.05, 0) is 12.1 Å². The summed E-state index contributed by atoms with van der Waals surface area (Å²) in [6.07, 6.45) is 0. The van der Waals surface area contributed by atoms with Crippen molar-refractivity contribution in [2.45, 2.75) is 0 Å². The Morgan fingerprint density at radius 3 is 2.52 bits per heavy atom. The van der Waals surface area contributed by atoms with E-state index in [0.29, 0.717) is 37.1 Å². The third-order valence-corrected chi connectivity index (χ3v) is 3.85. The van der Waals surface area contributed by atoms with Gasteiger partial charge >= 0.3 is 0 Å². The van der Waals surface area contributed by atoms with Gasteiger partial charge in [0.1, 0.15) is 5.56 Å². The van der Waals surface area contributed by atoms with E-state index in [0.717, 1.165) is 6.54 Å². The Morgan fingerprint density at radius 2 is 1.95 bits per heavy atom. The summed E-state index contributed by atoms with van der Waals surface area (Å²) in [5.41, 5.74) is -0.175. The minimum Gasteiger partial charge on any atom is -0.336 e. The van der Waals surface area contributed by atoms with Gasteiger partial charge in [-0.3, -0.25) is 19.8 Å². The third kappa shape index (κ3) is 3.84. The number of alkyl halides is 1. The van der Waals surface area contributed by atoms with E-state index >= 15 is 0 Å². The lowest BCUT2D eigenvalue weighted by atomic mass is 10.1. The molecule has 0 aliphatic carbocycles. The van der Waals surface area contributed by atoms with E-state index in [4.69, 9.17) is 23.2 Å². The Labute approximate surface area is 132 Å². The molecular weight excluding hydrogens is 317 g/mol. The zero-order chi connectivity index (χ0) is 15.4. The van der Waals surface area contributed by atoms with Gasteiger partial charge in [-0.2, -0.15) is 0 Å². The zero-order valence-electron chi connectivity index (χ0n) is 11.3. The monoisotopic (exact) mass is 331 g/mol. The average Bonchev–Trinajstić information content (AvgIpc) is 2.47. The van der Waals surface area contributed by atoms with Gasteiger partial charge in [-0.15, -0.1) is 11.6 Å². The van der Waals surface area contributed by atoms with Crippen molar-refractivity contribution in [2.24, 2.45) is 0 Å². The lowest BCUT2D eigenvalue weighted by molar-refractivity contribution is -0.385. The second-order valence-corrected chi connectivity index (χ2v) is 5.56. The molecule has 1 saturated heterocycles. The predicted molar refractivity (Wildman–Crippen MR) is 81.2 cm³/mol. The van der Waals surface area contributed by atoms with Crippen LogP contribution < -0.4 is 0 Å². The number of nitro groups is 1. The summed E-state index contributed by atoms with van der Waals surface area (Å²) in [7, 11) is 0. The van der Waals surface area contributed by atoms with Gasteiger partial charge < -0.3 is 4.90 Å². The van der Waals surface area contributed by atoms with Crippen molar-refractivity contribution in [3.05, 3.63) is 38.9 Å². The topological polar surface area (TPSA) is 66.7 Å². The molecule has 1 fully saturated rings. The number of carbonyl (C=O) groups is 1. The van der Waals surface area contributed by atoms with Gasteiger partial charge in [0.25, 0.3) is 11.6 Å². The molecule has 0 atom stereocenters. The molecule has 0 aromatic heterocycles. The van der Waals surface area contributed by atoms with E-state index in [9.17, 15) is 14.9 Å². The molecule has 114 valence electrons. The molecule has 0 unspecified atom stereocenters. The first kappa shape index (κ1) is 16.0. The SMILES string of the molecule is O=C(c1cc(Cl)ccc1[N+](=O)[O-])N1CCN(CCCl)CC1. The molecule has 2 rings (SSSR count). The summed E-state index contributed by atoms with van der Waals surface area (Å²) in [6, 6.07) is 4.03. The van der Waals surface area contributed by atoms with E-state index in [1.165, 1.54) is 18.2 Å². The maximum Gasteiger partial charge on any atom is 0.282 e. The largest absolute Gasteiger partial charge is 0.336 e. The standard InChI is InChI=1S/C13H15Cl2N3O3/c14-3-4-16-5-7-17(8-6-16)13(19)11-9-10(15)1-2-12(11)18(20)21/h1-2,9H,3-8H2. The summed E-state index contributed by atoms with van der Waals surface area (Å²) in [4.78, 5) is 26.7. The number of rotatable bonds is 4. The number of hydrogen-bond acceptors (Lipinski definition) is 4. The van der Waals surface area contributed by atoms with Crippen molar-refractivity contribution in [2.75, 3.05) is 38.6 Å². The summed E-state index contributed by atoms with van der Waals surface area (Å²) in [6.45, 7) is 3.26. The third-order valence-electron chi connectivity index (χ3n) is 3.45. The molecule has 1 aromatic rings. The Morgan fingerprint density at radius 1 is 1.29 bits per heavy atom. The van der Waals surface area contributed by atoms with Crippen LogP contribution in [-0.2, 0) is 0 Å². The number of nitrogens with zero attached hydrogens (tertiary/aromatic N) is 3. The van der Waals surface area contributed by atoms with Gasteiger partial charge in [0, 0.05) is 49.7 Å². The van der Waals surface area contributed by atoms with Gasteiger partial charge in [0.05, 0.1) is 4.92 Å². The predicted octanol–water partition coefficient (Wildman–Crippen LogP) is 2.24. The van der Waals surface area contributed by atoms with Crippen LogP contribution in [0.1, 0.15) is 10.4 Å². The highest BCUT2D eigenvalue weighted by Gasteiger charge is 2.27. The molecule has 8 heteroatoms. The Bertz CT molecular complexity index is 545. The van der Waals surface area contributed by atoms with Crippen LogP contribution in [0, 0.1) is 10.1 Å². The molecular formula is C13H15Cl2N3O3. The Balaban J connectivity index is 2.14. The fraction of sp³-hybridized carbons (Fsp3) is 0.462. The van der Waals surface area contributed by atoms with Crippen LogP contribution in [0.25, 0.3) is 0 Å². The lowest BCUT2D eigenvalue weighted by Crippen LogP contribution is -2.49. The van der Waals surface area contributed by atoms with Crippen molar-refractivity contribution >= 4 is 34.8 Å². The summed E-state index contributed by atoms with van der Waals surface area (Å²) in [5.74, 6) is 0.197. The van der Waals surface area contributed by atoms with Crippen molar-refractivity contribution in [1.82, 2.24) is 9.80 Å². The molecule has 1 heterocycles. The minimum absolute atomic E-state index is 0.0401. The normalized spacial score (nSPS) is 16.0. The van der Waals surface area contributed by atoms with Crippen LogP contribution in [0.3, 0.4) is 0 Å². The number of halogens is 2. The Hall–Kier alpha value is -1.37. The van der Waals surface area contributed by atoms with Crippen LogP contribution in [0.2, 0.25) is 5.02 Å². The molecule has 0 radical (unpaired) electrons. The molecule has 0 saturated carbocycles. The molecule has 6 nitrogen and oxygen atoms in total. The van der Waals surface area contributed by atoms with Gasteiger partial charge in [-0.1, -0.05) is 11.6 Å². The molecule has 1 aliphatic heterocycles. The summed E-state index contributed by atoms with van der Waals surface area (Å²) >= 11 is 11.5. The molecule has 1 amide bonds. The number of piperazine rings is 1. The maximum absolute atomic E-state index is 12.5. The van der Waals surface area contributed by atoms with Crippen LogP contribution in [-0.4, -0.2) is 59.2 Å². The number of benzene rings is 1. The smallest absolute Gasteiger partial charge is 0.282 e. The Kier molecular flexibility index (Phi) is 5.39. The highest BCUT2D eigenvalue weighted by Crippen LogP contribution is 2.24. The van der Waals surface area contributed by atoms with E-state index in [-0.39, 0.29) is 17.2 Å². The van der Waals surface area contributed by atoms with Crippen molar-refractivity contribution < 1.29 is 9.72 Å². The number of amides is 1. The second kappa shape index (κ2) is 7.06. The van der Waals surface area contributed by atoms with Gasteiger partial charge in [0.2, 0.25) is 0 Å². The maximum atomic E-state index is 12.5. The molecule has 21 heavy (non-hydrogen) atoms. The van der Waals surface area contributed by atoms with Gasteiger partial charge in [0.15, 0.2) is 0 Å². The first-order valence-electron chi connectivity index (χ1n) is 6.54. The fourth-order valence-corrected chi connectivity index (χ4v) is 2.71. The van der Waals surface area contributed by atoms with E-state index in [1.54, 1.807) is 4.90 Å². The highest BCUT2D eigenvalue weighted by molar-refractivity contribution is 6.31. The number of carbonyl (C=O) groups excluding carboxylic acids is 1. The molecule has 1 aliphatic rings. The first-order valence-corrected chi connectivity index (χ1v) is 7.45. The van der Waals surface area contributed by atoms with Crippen LogP contribution in [0.15, 0.2) is 18.2 Å². The fourth-order valence-electron chi connectivity index (χ4n) is 2.30. The number of hydrogen-bond donors (Lipinski definition) is 0. The van der Waals surface area contributed by atoms with Crippen LogP contribution in [0.4, 0.5) is 5.69 Å². The van der Waals surface area contributed by atoms with Crippen molar-refractivity contribution in [3.8, 4) is 0 Å². The van der Waals surface area contributed by atoms with E-state index in [2.05, 4.69) is 4.90 Å². The average molecular weight is 332 g/mol.